The van der Waals surface area contributed by atoms with Crippen LogP contribution in [0.4, 0.5) is 11.5 Å². The van der Waals surface area contributed by atoms with E-state index in [-0.39, 0.29) is 11.7 Å². The molecule has 7 nitrogen and oxygen atoms in total. The van der Waals surface area contributed by atoms with Crippen molar-refractivity contribution in [2.45, 2.75) is 26.3 Å². The van der Waals surface area contributed by atoms with Gasteiger partial charge in [0.2, 0.25) is 0 Å². The minimum Gasteiger partial charge on any atom is -0.358 e. The van der Waals surface area contributed by atoms with Gasteiger partial charge in [-0.05, 0) is 41.5 Å². The molecule has 3 aromatic rings. The Morgan fingerprint density at radius 3 is 2.33 bits per heavy atom. The van der Waals surface area contributed by atoms with Crippen molar-refractivity contribution in [1.29, 1.82) is 0 Å². The molecule has 3 rings (SSSR count). The lowest BCUT2D eigenvalue weighted by Crippen LogP contribution is -2.27. The number of nitro groups is 1. The summed E-state index contributed by atoms with van der Waals surface area (Å²) in [5.41, 5.74) is 3.39. The average Bonchev–Trinajstić information content (AvgIpc) is 3.06. The van der Waals surface area contributed by atoms with E-state index in [1.807, 2.05) is 61.5 Å². The first kappa shape index (κ1) is 18.3. The summed E-state index contributed by atoms with van der Waals surface area (Å²) in [6.45, 7) is 3.54. The molecule has 7 heteroatoms. The molecule has 1 atom stereocenters. The molecule has 27 heavy (non-hydrogen) atoms. The lowest BCUT2D eigenvalue weighted by molar-refractivity contribution is -0.389. The summed E-state index contributed by atoms with van der Waals surface area (Å²) in [4.78, 5) is 23.0. The minimum absolute atomic E-state index is 0.258. The normalized spacial score (nSPS) is 11.8. The maximum absolute atomic E-state index is 12.7. The molecule has 0 saturated carbocycles. The van der Waals surface area contributed by atoms with Gasteiger partial charge in [0.25, 0.3) is 5.91 Å². The summed E-state index contributed by atoms with van der Waals surface area (Å²) in [6.07, 6.45) is 0.466. The number of anilines is 1. The Labute approximate surface area is 156 Å². The van der Waals surface area contributed by atoms with Crippen LogP contribution in [-0.4, -0.2) is 20.6 Å². The van der Waals surface area contributed by atoms with E-state index in [0.29, 0.717) is 17.8 Å². The molecular formula is C20H20N4O3. The molecule has 138 valence electrons. The number of nitrogens with one attached hydrogen (secondary N) is 1. The SMILES string of the molecule is CCC(C(=O)Nc1ccc(-c2ccccc2)cc1)n1nc([N+](=O)[O-])cc1C. The number of rotatable bonds is 6. The fourth-order valence-electron chi connectivity index (χ4n) is 2.95. The summed E-state index contributed by atoms with van der Waals surface area (Å²) >= 11 is 0. The molecule has 0 saturated heterocycles. The maximum atomic E-state index is 12.7. The van der Waals surface area contributed by atoms with E-state index in [0.717, 1.165) is 11.1 Å². The Balaban J connectivity index is 1.76. The smallest absolute Gasteiger partial charge is 0.358 e. The monoisotopic (exact) mass is 364 g/mol. The first-order chi connectivity index (χ1) is 13.0. The van der Waals surface area contributed by atoms with Gasteiger partial charge in [-0.1, -0.05) is 49.4 Å². The zero-order chi connectivity index (χ0) is 19.4. The highest BCUT2D eigenvalue weighted by atomic mass is 16.6. The standard InChI is InChI=1S/C20H20N4O3/c1-3-18(23-14(2)13-19(22-23)24(26)27)20(25)21-17-11-9-16(10-12-17)15-7-5-4-6-8-15/h4-13,18H,3H2,1-2H3,(H,21,25). The van der Waals surface area contributed by atoms with Crippen LogP contribution in [-0.2, 0) is 4.79 Å². The van der Waals surface area contributed by atoms with E-state index >= 15 is 0 Å². The van der Waals surface area contributed by atoms with Crippen LogP contribution in [0, 0.1) is 17.0 Å². The van der Waals surface area contributed by atoms with Crippen molar-refractivity contribution >= 4 is 17.4 Å². The van der Waals surface area contributed by atoms with E-state index in [2.05, 4.69) is 10.4 Å². The van der Waals surface area contributed by atoms with E-state index in [1.165, 1.54) is 10.7 Å². The molecule has 2 aromatic carbocycles. The van der Waals surface area contributed by atoms with Gasteiger partial charge in [-0.3, -0.25) is 4.79 Å². The molecule has 1 heterocycles. The average molecular weight is 364 g/mol. The van der Waals surface area contributed by atoms with Crippen LogP contribution < -0.4 is 5.32 Å². The van der Waals surface area contributed by atoms with E-state index in [4.69, 9.17) is 0 Å². The molecule has 0 aliphatic carbocycles. The summed E-state index contributed by atoms with van der Waals surface area (Å²) in [6, 6.07) is 18.3. The van der Waals surface area contributed by atoms with Crippen LogP contribution in [0.15, 0.2) is 60.7 Å². The second kappa shape index (κ2) is 7.82. The Hall–Kier alpha value is -3.48. The summed E-state index contributed by atoms with van der Waals surface area (Å²) in [7, 11) is 0. The molecule has 1 unspecified atom stereocenters. The van der Waals surface area contributed by atoms with Crippen LogP contribution in [0.25, 0.3) is 11.1 Å². The number of aryl methyl sites for hydroxylation is 1. The molecule has 0 aliphatic rings. The second-order valence-electron chi connectivity index (χ2n) is 6.20. The third-order valence-corrected chi connectivity index (χ3v) is 4.34. The van der Waals surface area contributed by atoms with Gasteiger partial charge in [0.15, 0.2) is 6.04 Å². The molecule has 0 spiro atoms. The van der Waals surface area contributed by atoms with Gasteiger partial charge in [-0.25, -0.2) is 0 Å². The van der Waals surface area contributed by atoms with Crippen molar-refractivity contribution in [3.63, 3.8) is 0 Å². The van der Waals surface area contributed by atoms with Gasteiger partial charge >= 0.3 is 5.82 Å². The van der Waals surface area contributed by atoms with Crippen molar-refractivity contribution in [2.75, 3.05) is 5.32 Å². The first-order valence-electron chi connectivity index (χ1n) is 8.66. The molecule has 1 amide bonds. The molecule has 0 fully saturated rings. The molecule has 1 N–H and O–H groups in total. The van der Waals surface area contributed by atoms with Gasteiger partial charge in [0.05, 0.1) is 16.9 Å². The van der Waals surface area contributed by atoms with Crippen LogP contribution in [0.2, 0.25) is 0 Å². The number of carbonyl (C=O) groups is 1. The summed E-state index contributed by atoms with van der Waals surface area (Å²) < 4.78 is 1.41. The Kier molecular flexibility index (Phi) is 5.30. The molecule has 1 aromatic heterocycles. The third kappa shape index (κ3) is 4.03. The van der Waals surface area contributed by atoms with Crippen molar-refractivity contribution in [2.24, 2.45) is 0 Å². The zero-order valence-electron chi connectivity index (χ0n) is 15.1. The summed E-state index contributed by atoms with van der Waals surface area (Å²) in [5.74, 6) is -0.517. The summed E-state index contributed by atoms with van der Waals surface area (Å²) in [5, 5.41) is 17.7. The number of aromatic nitrogens is 2. The Morgan fingerprint density at radius 1 is 1.15 bits per heavy atom. The molecule has 0 radical (unpaired) electrons. The highest BCUT2D eigenvalue weighted by molar-refractivity contribution is 5.94. The second-order valence-corrected chi connectivity index (χ2v) is 6.20. The van der Waals surface area contributed by atoms with E-state index in [1.54, 1.807) is 6.92 Å². The number of benzene rings is 2. The highest BCUT2D eigenvalue weighted by Crippen LogP contribution is 2.23. The van der Waals surface area contributed by atoms with Crippen molar-refractivity contribution in [3.05, 3.63) is 76.5 Å². The van der Waals surface area contributed by atoms with Crippen molar-refractivity contribution < 1.29 is 9.72 Å². The van der Waals surface area contributed by atoms with Gasteiger partial charge in [-0.2, -0.15) is 4.68 Å². The van der Waals surface area contributed by atoms with Crippen LogP contribution in [0.3, 0.4) is 0 Å². The van der Waals surface area contributed by atoms with Crippen molar-refractivity contribution in [3.8, 4) is 11.1 Å². The highest BCUT2D eigenvalue weighted by Gasteiger charge is 2.27. The number of hydrogen-bond acceptors (Lipinski definition) is 4. The fourth-order valence-corrected chi connectivity index (χ4v) is 2.95. The van der Waals surface area contributed by atoms with Gasteiger partial charge < -0.3 is 15.4 Å². The Bertz CT molecular complexity index is 949. The lowest BCUT2D eigenvalue weighted by Gasteiger charge is -2.14. The largest absolute Gasteiger partial charge is 0.390 e. The Morgan fingerprint density at radius 2 is 1.78 bits per heavy atom. The first-order valence-corrected chi connectivity index (χ1v) is 8.66. The minimum atomic E-state index is -0.618. The maximum Gasteiger partial charge on any atom is 0.390 e. The molecular weight excluding hydrogens is 344 g/mol. The molecule has 0 aliphatic heterocycles. The van der Waals surface area contributed by atoms with Crippen LogP contribution in [0.5, 0.6) is 0 Å². The van der Waals surface area contributed by atoms with Gasteiger partial charge in [0, 0.05) is 5.69 Å². The van der Waals surface area contributed by atoms with Crippen molar-refractivity contribution in [1.82, 2.24) is 9.78 Å². The number of carbonyl (C=O) groups excluding carboxylic acids is 1. The van der Waals surface area contributed by atoms with E-state index in [9.17, 15) is 14.9 Å². The predicted molar refractivity (Wildman–Crippen MR) is 103 cm³/mol. The van der Waals surface area contributed by atoms with Crippen LogP contribution >= 0.6 is 0 Å². The lowest BCUT2D eigenvalue weighted by atomic mass is 10.1. The predicted octanol–water partition coefficient (Wildman–Crippen LogP) is 4.36. The number of nitrogens with zero attached hydrogens (tertiary/aromatic N) is 3. The molecule has 0 bridgehead atoms. The quantitative estimate of drug-likeness (QED) is 0.520. The van der Waals surface area contributed by atoms with Crippen LogP contribution in [0.1, 0.15) is 25.1 Å². The zero-order valence-corrected chi connectivity index (χ0v) is 15.1. The number of hydrogen-bond donors (Lipinski definition) is 1. The fraction of sp³-hybridized carbons (Fsp3) is 0.200. The van der Waals surface area contributed by atoms with Gasteiger partial charge in [0.1, 0.15) is 0 Å². The third-order valence-electron chi connectivity index (χ3n) is 4.34. The number of amides is 1. The van der Waals surface area contributed by atoms with Gasteiger partial charge in [-0.15, -0.1) is 0 Å². The topological polar surface area (TPSA) is 90.1 Å². The van der Waals surface area contributed by atoms with E-state index < -0.39 is 11.0 Å².